The van der Waals surface area contributed by atoms with E-state index in [0.717, 1.165) is 18.9 Å². The predicted molar refractivity (Wildman–Crippen MR) is 113 cm³/mol. The fourth-order valence-electron chi connectivity index (χ4n) is 3.70. The van der Waals surface area contributed by atoms with Crippen LogP contribution in [0.2, 0.25) is 0 Å². The molecule has 170 valence electrons. The lowest BCUT2D eigenvalue weighted by molar-refractivity contribution is -0.141. The smallest absolute Gasteiger partial charge is 0.364 e. The summed E-state index contributed by atoms with van der Waals surface area (Å²) < 4.78 is 38.1. The number of amides is 1. The molecule has 4 rings (SSSR count). The zero-order valence-corrected chi connectivity index (χ0v) is 17.8. The van der Waals surface area contributed by atoms with Crippen molar-refractivity contribution in [2.24, 2.45) is 0 Å². The first-order chi connectivity index (χ1) is 14.8. The topological polar surface area (TPSA) is 88.8 Å². The van der Waals surface area contributed by atoms with Crippen LogP contribution in [0.1, 0.15) is 35.8 Å². The molecule has 0 unspecified atom stereocenters. The highest BCUT2D eigenvalue weighted by Gasteiger charge is 2.34. The van der Waals surface area contributed by atoms with Gasteiger partial charge >= 0.3 is 6.18 Å². The van der Waals surface area contributed by atoms with Crippen molar-refractivity contribution < 1.29 is 18.0 Å². The van der Waals surface area contributed by atoms with Crippen LogP contribution < -0.4 is 5.32 Å². The van der Waals surface area contributed by atoms with Crippen LogP contribution in [0.4, 0.5) is 19.0 Å². The minimum absolute atomic E-state index is 0. The van der Waals surface area contributed by atoms with Gasteiger partial charge in [0.25, 0.3) is 5.91 Å². The number of rotatable bonds is 4. The van der Waals surface area contributed by atoms with E-state index in [0.29, 0.717) is 17.8 Å². The number of hydrogen-bond donors (Lipinski definition) is 1. The van der Waals surface area contributed by atoms with Gasteiger partial charge in [-0.25, -0.2) is 0 Å². The average molecular weight is 468 g/mol. The number of piperidine rings is 1. The summed E-state index contributed by atoms with van der Waals surface area (Å²) in [4.78, 5) is 16.5. The average Bonchev–Trinajstić information content (AvgIpc) is 3.29. The molecule has 1 amide bonds. The monoisotopic (exact) mass is 467 g/mol. The van der Waals surface area contributed by atoms with Gasteiger partial charge in [0.2, 0.25) is 0 Å². The first-order valence-electron chi connectivity index (χ1n) is 9.79. The SMILES string of the molecule is C[C@H]1[C@H](Nc2ccc(C(F)(F)F)nn2)CCCN1C(=O)c1ccccc1-n1nccn1.Cl. The molecule has 2 aromatic heterocycles. The Bertz CT molecular complexity index is 1040. The molecule has 1 aliphatic heterocycles. The van der Waals surface area contributed by atoms with E-state index in [1.807, 2.05) is 13.0 Å². The van der Waals surface area contributed by atoms with Crippen molar-refractivity contribution in [3.8, 4) is 5.69 Å². The third kappa shape index (κ3) is 4.82. The molecule has 1 N–H and O–H groups in total. The Morgan fingerprint density at radius 3 is 2.47 bits per heavy atom. The van der Waals surface area contributed by atoms with E-state index in [4.69, 9.17) is 0 Å². The molecule has 0 spiro atoms. The van der Waals surface area contributed by atoms with E-state index in [1.165, 1.54) is 23.3 Å². The first kappa shape index (κ1) is 23.5. The highest BCUT2D eigenvalue weighted by Crippen LogP contribution is 2.28. The number of anilines is 1. The van der Waals surface area contributed by atoms with Crippen LogP contribution in [-0.4, -0.2) is 54.6 Å². The van der Waals surface area contributed by atoms with Crippen LogP contribution in [0, 0.1) is 0 Å². The van der Waals surface area contributed by atoms with Gasteiger partial charge in [-0.2, -0.15) is 28.2 Å². The molecule has 0 radical (unpaired) electrons. The van der Waals surface area contributed by atoms with Crippen LogP contribution in [-0.2, 0) is 6.18 Å². The number of likely N-dealkylation sites (tertiary alicyclic amines) is 1. The number of halogens is 4. The van der Waals surface area contributed by atoms with Gasteiger partial charge in [-0.05, 0) is 44.0 Å². The molecule has 2 atom stereocenters. The number of hydrogen-bond acceptors (Lipinski definition) is 6. The summed E-state index contributed by atoms with van der Waals surface area (Å²) in [5, 5.41) is 18.2. The van der Waals surface area contributed by atoms with Gasteiger partial charge < -0.3 is 10.2 Å². The zero-order valence-electron chi connectivity index (χ0n) is 17.0. The number of carbonyl (C=O) groups excluding carboxylic acids is 1. The molecule has 32 heavy (non-hydrogen) atoms. The molecule has 3 heterocycles. The number of nitrogens with one attached hydrogen (secondary N) is 1. The number of alkyl halides is 3. The maximum atomic E-state index is 13.4. The van der Waals surface area contributed by atoms with Gasteiger partial charge in [-0.1, -0.05) is 12.1 Å². The van der Waals surface area contributed by atoms with E-state index < -0.39 is 11.9 Å². The van der Waals surface area contributed by atoms with E-state index in [2.05, 4.69) is 25.7 Å². The molecule has 0 bridgehead atoms. The molecule has 1 fully saturated rings. The van der Waals surface area contributed by atoms with E-state index in [9.17, 15) is 18.0 Å². The van der Waals surface area contributed by atoms with Gasteiger partial charge in [-0.15, -0.1) is 22.6 Å². The number of nitrogens with zero attached hydrogens (tertiary/aromatic N) is 6. The lowest BCUT2D eigenvalue weighted by atomic mass is 9.96. The summed E-state index contributed by atoms with van der Waals surface area (Å²) in [6.07, 6.45) is 0.0232. The molecule has 12 heteroatoms. The van der Waals surface area contributed by atoms with Gasteiger partial charge in [-0.3, -0.25) is 4.79 Å². The largest absolute Gasteiger partial charge is 0.435 e. The van der Waals surface area contributed by atoms with Crippen molar-refractivity contribution >= 4 is 24.1 Å². The quantitative estimate of drug-likeness (QED) is 0.630. The zero-order chi connectivity index (χ0) is 22.0. The minimum Gasteiger partial charge on any atom is -0.364 e. The standard InChI is InChI=1S/C20H20F3N7O.ClH/c1-13-15(26-18-9-8-17(27-28-18)20(21,22)23)6-4-12-29(13)19(31)14-5-2-3-7-16(14)30-24-10-11-25-30;/h2-3,5,7-11,13,15H,4,6,12H2,1H3,(H,26,28);1H/t13-,15+;/m0./s1. The second-order valence-electron chi connectivity index (χ2n) is 7.27. The molecular formula is C20H21ClF3N7O. The van der Waals surface area contributed by atoms with Crippen LogP contribution >= 0.6 is 12.4 Å². The lowest BCUT2D eigenvalue weighted by Crippen LogP contribution is -2.52. The third-order valence-electron chi connectivity index (χ3n) is 5.31. The summed E-state index contributed by atoms with van der Waals surface area (Å²) in [7, 11) is 0. The number of aromatic nitrogens is 5. The summed E-state index contributed by atoms with van der Waals surface area (Å²) in [5.41, 5.74) is 0.00398. The Morgan fingerprint density at radius 1 is 1.09 bits per heavy atom. The Hall–Kier alpha value is -3.21. The molecular weight excluding hydrogens is 447 g/mol. The maximum Gasteiger partial charge on any atom is 0.435 e. The van der Waals surface area contributed by atoms with Crippen LogP contribution in [0.15, 0.2) is 48.8 Å². The summed E-state index contributed by atoms with van der Waals surface area (Å²) in [6.45, 7) is 2.47. The fraction of sp³-hybridized carbons (Fsp3) is 0.350. The van der Waals surface area contributed by atoms with Gasteiger partial charge in [0.1, 0.15) is 5.82 Å². The summed E-state index contributed by atoms with van der Waals surface area (Å²) in [5.74, 6) is 0.0747. The van der Waals surface area contributed by atoms with Crippen molar-refractivity contribution in [1.82, 2.24) is 30.1 Å². The van der Waals surface area contributed by atoms with Crippen LogP contribution in [0.3, 0.4) is 0 Å². The second-order valence-corrected chi connectivity index (χ2v) is 7.27. The summed E-state index contributed by atoms with van der Waals surface area (Å²) in [6, 6.07) is 8.83. The Balaban J connectivity index is 0.00000289. The van der Waals surface area contributed by atoms with Gasteiger partial charge in [0.05, 0.1) is 23.6 Å². The molecule has 0 saturated carbocycles. The van der Waals surface area contributed by atoms with E-state index >= 15 is 0 Å². The Labute approximate surface area is 188 Å². The highest BCUT2D eigenvalue weighted by molar-refractivity contribution is 5.98. The molecule has 1 aliphatic rings. The van der Waals surface area contributed by atoms with Crippen molar-refractivity contribution in [3.63, 3.8) is 0 Å². The second kappa shape index (κ2) is 9.51. The van der Waals surface area contributed by atoms with Crippen molar-refractivity contribution in [2.75, 3.05) is 11.9 Å². The van der Waals surface area contributed by atoms with E-state index in [1.54, 1.807) is 23.1 Å². The first-order valence-corrected chi connectivity index (χ1v) is 9.79. The summed E-state index contributed by atoms with van der Waals surface area (Å²) >= 11 is 0. The molecule has 1 aromatic carbocycles. The predicted octanol–water partition coefficient (Wildman–Crippen LogP) is 3.60. The number of carbonyl (C=O) groups is 1. The van der Waals surface area contributed by atoms with Crippen LogP contribution in [0.25, 0.3) is 5.69 Å². The third-order valence-corrected chi connectivity index (χ3v) is 5.31. The maximum absolute atomic E-state index is 13.4. The lowest BCUT2D eigenvalue weighted by Gasteiger charge is -2.40. The number of para-hydroxylation sites is 1. The Morgan fingerprint density at radius 2 is 1.81 bits per heavy atom. The van der Waals surface area contributed by atoms with E-state index in [-0.39, 0.29) is 36.2 Å². The molecule has 8 nitrogen and oxygen atoms in total. The molecule has 3 aromatic rings. The van der Waals surface area contributed by atoms with Gasteiger partial charge in [0.15, 0.2) is 5.69 Å². The number of benzene rings is 1. The molecule has 1 saturated heterocycles. The van der Waals surface area contributed by atoms with Crippen molar-refractivity contribution in [1.29, 1.82) is 0 Å². The highest BCUT2D eigenvalue weighted by atomic mass is 35.5. The Kier molecular flexibility index (Phi) is 6.97. The van der Waals surface area contributed by atoms with Crippen LogP contribution in [0.5, 0.6) is 0 Å². The van der Waals surface area contributed by atoms with Crippen molar-refractivity contribution in [3.05, 3.63) is 60.0 Å². The fourth-order valence-corrected chi connectivity index (χ4v) is 3.70. The van der Waals surface area contributed by atoms with Crippen molar-refractivity contribution in [2.45, 2.75) is 38.0 Å². The normalized spacial score (nSPS) is 18.7. The molecule has 0 aliphatic carbocycles. The van der Waals surface area contributed by atoms with Gasteiger partial charge in [0, 0.05) is 18.6 Å². The minimum atomic E-state index is -4.54.